The van der Waals surface area contributed by atoms with Gasteiger partial charge >= 0.3 is 0 Å². The summed E-state index contributed by atoms with van der Waals surface area (Å²) in [7, 11) is 0. The van der Waals surface area contributed by atoms with Crippen molar-refractivity contribution < 1.29 is 20.1 Å². The molecule has 0 saturated carbocycles. The van der Waals surface area contributed by atoms with Crippen LogP contribution in [0.1, 0.15) is 35.7 Å². The Labute approximate surface area is 87.8 Å². The van der Waals surface area contributed by atoms with E-state index in [1.54, 1.807) is 0 Å². The standard InChI is InChI=1S/C11H14O4/c1-3-4-7(12)10-9(14)5-8(13)6(2)11(10)15/h5,13-15H,3-4H2,1-2H3. The number of benzene rings is 1. The number of aromatic hydroxyl groups is 3. The number of rotatable bonds is 3. The number of hydrogen-bond acceptors (Lipinski definition) is 4. The van der Waals surface area contributed by atoms with Crippen molar-refractivity contribution in [2.24, 2.45) is 0 Å². The van der Waals surface area contributed by atoms with Gasteiger partial charge in [0.15, 0.2) is 5.78 Å². The first-order chi connectivity index (χ1) is 6.99. The fourth-order valence-electron chi connectivity index (χ4n) is 1.37. The molecule has 0 aliphatic heterocycles. The topological polar surface area (TPSA) is 77.8 Å². The summed E-state index contributed by atoms with van der Waals surface area (Å²) in [6.45, 7) is 3.31. The fourth-order valence-corrected chi connectivity index (χ4v) is 1.37. The highest BCUT2D eigenvalue weighted by Crippen LogP contribution is 2.37. The Morgan fingerprint density at radius 1 is 1.27 bits per heavy atom. The smallest absolute Gasteiger partial charge is 0.170 e. The maximum Gasteiger partial charge on any atom is 0.170 e. The van der Waals surface area contributed by atoms with Gasteiger partial charge < -0.3 is 15.3 Å². The molecule has 0 spiro atoms. The van der Waals surface area contributed by atoms with Crippen LogP contribution in [0.2, 0.25) is 0 Å². The third-order valence-corrected chi connectivity index (χ3v) is 2.26. The number of hydrogen-bond donors (Lipinski definition) is 3. The summed E-state index contributed by atoms with van der Waals surface area (Å²) in [4.78, 5) is 11.5. The highest BCUT2D eigenvalue weighted by atomic mass is 16.3. The Morgan fingerprint density at radius 3 is 2.40 bits per heavy atom. The molecule has 4 heteroatoms. The number of ketones is 1. The van der Waals surface area contributed by atoms with Gasteiger partial charge in [0.1, 0.15) is 22.8 Å². The van der Waals surface area contributed by atoms with E-state index in [1.807, 2.05) is 6.92 Å². The van der Waals surface area contributed by atoms with Gasteiger partial charge in [0.25, 0.3) is 0 Å². The summed E-state index contributed by atoms with van der Waals surface area (Å²) in [5.74, 6) is -1.27. The average molecular weight is 210 g/mol. The molecule has 15 heavy (non-hydrogen) atoms. The van der Waals surface area contributed by atoms with Gasteiger partial charge in [0.05, 0.1) is 0 Å². The minimum Gasteiger partial charge on any atom is -0.507 e. The van der Waals surface area contributed by atoms with Gasteiger partial charge in [-0.1, -0.05) is 6.92 Å². The number of phenolic OH excluding ortho intramolecular Hbond substituents is 3. The number of Topliss-reactive ketones (excluding diaryl/α,β-unsaturated/α-hetero) is 1. The third kappa shape index (κ3) is 2.03. The molecule has 0 aromatic heterocycles. The van der Waals surface area contributed by atoms with Crippen molar-refractivity contribution in [1.82, 2.24) is 0 Å². The normalized spacial score (nSPS) is 10.3. The molecule has 82 valence electrons. The van der Waals surface area contributed by atoms with Crippen LogP contribution in [0.4, 0.5) is 0 Å². The van der Waals surface area contributed by atoms with Crippen molar-refractivity contribution in [3.63, 3.8) is 0 Å². The highest BCUT2D eigenvalue weighted by molar-refractivity contribution is 6.01. The van der Waals surface area contributed by atoms with Crippen LogP contribution in [0.5, 0.6) is 17.2 Å². The van der Waals surface area contributed by atoms with Gasteiger partial charge in [0, 0.05) is 18.1 Å². The van der Waals surface area contributed by atoms with Crippen LogP contribution in [0, 0.1) is 6.92 Å². The molecule has 0 bridgehead atoms. The lowest BCUT2D eigenvalue weighted by atomic mass is 10.0. The first kappa shape index (κ1) is 11.4. The SMILES string of the molecule is CCCC(=O)c1c(O)cc(O)c(C)c1O. The maximum absolute atomic E-state index is 11.5. The molecule has 1 rings (SSSR count). The number of phenols is 3. The van der Waals surface area contributed by atoms with Crippen LogP contribution in [0.3, 0.4) is 0 Å². The molecule has 0 fully saturated rings. The summed E-state index contributed by atoms with van der Waals surface area (Å²) < 4.78 is 0. The molecular weight excluding hydrogens is 196 g/mol. The lowest BCUT2D eigenvalue weighted by molar-refractivity contribution is 0.0976. The largest absolute Gasteiger partial charge is 0.507 e. The molecule has 0 aliphatic rings. The average Bonchev–Trinajstić information content (AvgIpc) is 2.15. The van der Waals surface area contributed by atoms with Crippen molar-refractivity contribution in [1.29, 1.82) is 0 Å². The van der Waals surface area contributed by atoms with E-state index in [1.165, 1.54) is 6.92 Å². The molecule has 1 aromatic carbocycles. The summed E-state index contributed by atoms with van der Waals surface area (Å²) in [6, 6.07) is 1.07. The molecule has 0 aliphatic carbocycles. The number of carbonyl (C=O) groups excluding carboxylic acids is 1. The zero-order valence-electron chi connectivity index (χ0n) is 8.74. The molecule has 0 saturated heterocycles. The van der Waals surface area contributed by atoms with Gasteiger partial charge in [-0.05, 0) is 13.3 Å². The third-order valence-electron chi connectivity index (χ3n) is 2.26. The minimum absolute atomic E-state index is 0.104. The predicted molar refractivity (Wildman–Crippen MR) is 55.4 cm³/mol. The minimum atomic E-state index is -0.381. The summed E-state index contributed by atoms with van der Waals surface area (Å²) in [5, 5.41) is 28.4. The molecule has 0 unspecified atom stereocenters. The van der Waals surface area contributed by atoms with Crippen molar-refractivity contribution in [2.75, 3.05) is 0 Å². The van der Waals surface area contributed by atoms with Crippen molar-refractivity contribution in [2.45, 2.75) is 26.7 Å². The summed E-state index contributed by atoms with van der Waals surface area (Å²) >= 11 is 0. The zero-order chi connectivity index (χ0) is 11.6. The Bertz CT molecular complexity index is 396. The molecule has 0 amide bonds. The van der Waals surface area contributed by atoms with Crippen LogP contribution in [0.25, 0.3) is 0 Å². The van der Waals surface area contributed by atoms with Crippen LogP contribution in [0.15, 0.2) is 6.07 Å². The van der Waals surface area contributed by atoms with E-state index >= 15 is 0 Å². The van der Waals surface area contributed by atoms with Crippen molar-refractivity contribution in [3.05, 3.63) is 17.2 Å². The fraction of sp³-hybridized carbons (Fsp3) is 0.364. The van der Waals surface area contributed by atoms with Crippen molar-refractivity contribution in [3.8, 4) is 17.2 Å². The molecule has 1 aromatic rings. The summed E-state index contributed by atoms with van der Waals surface area (Å²) in [6.07, 6.45) is 0.892. The van der Waals surface area contributed by atoms with Gasteiger partial charge in [-0.2, -0.15) is 0 Å². The van der Waals surface area contributed by atoms with E-state index in [0.29, 0.717) is 6.42 Å². The van der Waals surface area contributed by atoms with E-state index in [4.69, 9.17) is 0 Å². The van der Waals surface area contributed by atoms with Gasteiger partial charge in [-0.25, -0.2) is 0 Å². The van der Waals surface area contributed by atoms with E-state index in [2.05, 4.69) is 0 Å². The molecule has 0 atom stereocenters. The monoisotopic (exact) mass is 210 g/mol. The second-order valence-corrected chi connectivity index (χ2v) is 3.44. The Kier molecular flexibility index (Phi) is 3.19. The van der Waals surface area contributed by atoms with Gasteiger partial charge in [-0.15, -0.1) is 0 Å². The van der Waals surface area contributed by atoms with Crippen LogP contribution in [-0.2, 0) is 0 Å². The second kappa shape index (κ2) is 4.21. The lowest BCUT2D eigenvalue weighted by Gasteiger charge is -2.09. The molecule has 3 N–H and O–H groups in total. The first-order valence-electron chi connectivity index (χ1n) is 4.76. The van der Waals surface area contributed by atoms with E-state index in [0.717, 1.165) is 6.07 Å². The molecule has 0 radical (unpaired) electrons. The Hall–Kier alpha value is -1.71. The van der Waals surface area contributed by atoms with E-state index in [-0.39, 0.29) is 40.6 Å². The Morgan fingerprint density at radius 2 is 1.87 bits per heavy atom. The van der Waals surface area contributed by atoms with E-state index in [9.17, 15) is 20.1 Å². The van der Waals surface area contributed by atoms with Gasteiger partial charge in [-0.3, -0.25) is 4.79 Å². The maximum atomic E-state index is 11.5. The number of carbonyl (C=O) groups is 1. The lowest BCUT2D eigenvalue weighted by Crippen LogP contribution is -2.00. The van der Waals surface area contributed by atoms with Gasteiger partial charge in [0.2, 0.25) is 0 Å². The predicted octanol–water partition coefficient (Wildman–Crippen LogP) is 2.09. The van der Waals surface area contributed by atoms with Crippen LogP contribution in [-0.4, -0.2) is 21.1 Å². The first-order valence-corrected chi connectivity index (χ1v) is 4.76. The highest BCUT2D eigenvalue weighted by Gasteiger charge is 2.19. The zero-order valence-corrected chi connectivity index (χ0v) is 8.74. The summed E-state index contributed by atoms with van der Waals surface area (Å²) in [5.41, 5.74) is 0.0967. The molecule has 0 heterocycles. The van der Waals surface area contributed by atoms with E-state index < -0.39 is 0 Å². The Balaban J connectivity index is 3.29. The molecule has 4 nitrogen and oxygen atoms in total. The molecular formula is C11H14O4. The van der Waals surface area contributed by atoms with Crippen molar-refractivity contribution >= 4 is 5.78 Å². The van der Waals surface area contributed by atoms with Crippen LogP contribution >= 0.6 is 0 Å². The second-order valence-electron chi connectivity index (χ2n) is 3.44. The quantitative estimate of drug-likeness (QED) is 0.667. The van der Waals surface area contributed by atoms with Crippen LogP contribution < -0.4 is 0 Å².